The summed E-state index contributed by atoms with van der Waals surface area (Å²) >= 11 is 0. The van der Waals surface area contributed by atoms with Crippen LogP contribution in [-0.2, 0) is 22.6 Å². The van der Waals surface area contributed by atoms with Gasteiger partial charge in [0, 0.05) is 30.1 Å². The van der Waals surface area contributed by atoms with Gasteiger partial charge < -0.3 is 31.1 Å². The summed E-state index contributed by atoms with van der Waals surface area (Å²) in [6, 6.07) is 39.3. The number of hydrogen-bond donors (Lipinski definition) is 4. The predicted octanol–water partition coefficient (Wildman–Crippen LogP) is 6.56. The average Bonchev–Trinajstić information content (AvgIpc) is 3.19. The molecule has 0 aromatic heterocycles. The fourth-order valence-corrected chi connectivity index (χ4v) is 6.20. The largest absolute Gasteiger partial charge is 0.497 e. The lowest BCUT2D eigenvalue weighted by atomic mass is 9.95. The molecule has 0 spiro atoms. The molecule has 11 nitrogen and oxygen atoms in total. The molecule has 3 atom stereocenters. The lowest BCUT2D eigenvalue weighted by Gasteiger charge is -2.35. The summed E-state index contributed by atoms with van der Waals surface area (Å²) in [4.78, 5) is 40.0. The van der Waals surface area contributed by atoms with Crippen LogP contribution in [0.4, 0.5) is 17.1 Å². The molecule has 5 N–H and O–H groups in total. The third kappa shape index (κ3) is 10.7. The number of carbonyl (C=O) groups is 2. The molecule has 2 amide bonds. The molecule has 0 heterocycles. The van der Waals surface area contributed by atoms with Crippen LogP contribution in [0.3, 0.4) is 0 Å². The third-order valence-electron chi connectivity index (χ3n) is 9.06. The number of aliphatic hydroxyl groups is 1. The van der Waals surface area contributed by atoms with Crippen molar-refractivity contribution < 1.29 is 24.4 Å². The lowest BCUT2D eigenvalue weighted by Crippen LogP contribution is -2.50. The second-order valence-corrected chi connectivity index (χ2v) is 12.8. The van der Waals surface area contributed by atoms with Crippen LogP contribution in [-0.4, -0.2) is 47.6 Å². The van der Waals surface area contributed by atoms with Crippen molar-refractivity contribution >= 4 is 28.9 Å². The number of non-ortho nitro benzene ring substituents is 1. The van der Waals surface area contributed by atoms with E-state index in [1.807, 2.05) is 48.5 Å². The second-order valence-electron chi connectivity index (χ2n) is 12.8. The van der Waals surface area contributed by atoms with E-state index in [1.165, 1.54) is 12.1 Å². The molecule has 0 saturated carbocycles. The molecule has 0 aliphatic rings. The molecule has 274 valence electrons. The summed E-state index contributed by atoms with van der Waals surface area (Å²) in [5.74, 6) is -0.123. The van der Waals surface area contributed by atoms with Crippen LogP contribution in [0.25, 0.3) is 0 Å². The number of methoxy groups -OCH3 is 1. The molecular weight excluding hydrogens is 670 g/mol. The number of rotatable bonds is 18. The number of nitro benzene ring substituents is 1. The van der Waals surface area contributed by atoms with Crippen molar-refractivity contribution in [1.82, 2.24) is 5.32 Å². The van der Waals surface area contributed by atoms with Crippen LogP contribution in [0.2, 0.25) is 0 Å². The van der Waals surface area contributed by atoms with E-state index in [9.17, 15) is 24.8 Å². The highest BCUT2D eigenvalue weighted by atomic mass is 16.6. The quantitative estimate of drug-likeness (QED) is 0.0451. The zero-order valence-electron chi connectivity index (χ0n) is 29.6. The number of anilines is 2. The van der Waals surface area contributed by atoms with Gasteiger partial charge in [-0.15, -0.1) is 0 Å². The van der Waals surface area contributed by atoms with Crippen molar-refractivity contribution in [2.45, 2.75) is 50.4 Å². The summed E-state index contributed by atoms with van der Waals surface area (Å²) in [5.41, 5.74) is 11.4. The predicted molar refractivity (Wildman–Crippen MR) is 207 cm³/mol. The van der Waals surface area contributed by atoms with Gasteiger partial charge in [0.1, 0.15) is 11.8 Å². The number of hydrogen-bond acceptors (Lipinski definition) is 8. The third-order valence-corrected chi connectivity index (χ3v) is 9.06. The van der Waals surface area contributed by atoms with Crippen molar-refractivity contribution in [2.24, 2.45) is 5.73 Å². The average molecular weight is 716 g/mol. The van der Waals surface area contributed by atoms with Crippen LogP contribution in [0, 0.1) is 10.1 Å². The van der Waals surface area contributed by atoms with Crippen LogP contribution < -0.4 is 26.0 Å². The minimum atomic E-state index is -0.986. The minimum Gasteiger partial charge on any atom is -0.497 e. The maximum Gasteiger partial charge on any atom is 0.269 e. The van der Waals surface area contributed by atoms with E-state index in [4.69, 9.17) is 10.5 Å². The van der Waals surface area contributed by atoms with Crippen LogP contribution in [0.1, 0.15) is 47.6 Å². The van der Waals surface area contributed by atoms with Gasteiger partial charge in [-0.1, -0.05) is 84.9 Å². The van der Waals surface area contributed by atoms with Gasteiger partial charge in [-0.3, -0.25) is 19.7 Å². The van der Waals surface area contributed by atoms with Gasteiger partial charge in [-0.05, 0) is 84.3 Å². The molecule has 11 heteroatoms. The molecule has 0 radical (unpaired) electrons. The zero-order chi connectivity index (χ0) is 37.6. The number of ether oxygens (including phenoxy) is 1. The molecular formula is C42H45N5O6. The van der Waals surface area contributed by atoms with Gasteiger partial charge in [0.05, 0.1) is 30.7 Å². The number of nitrogens with zero attached hydrogens (tertiary/aromatic N) is 2. The smallest absolute Gasteiger partial charge is 0.269 e. The highest BCUT2D eigenvalue weighted by Crippen LogP contribution is 2.34. The lowest BCUT2D eigenvalue weighted by molar-refractivity contribution is -0.384. The van der Waals surface area contributed by atoms with E-state index in [0.717, 1.165) is 22.6 Å². The molecule has 5 aromatic rings. The van der Waals surface area contributed by atoms with E-state index < -0.39 is 28.8 Å². The number of para-hydroxylation sites is 1. The summed E-state index contributed by atoms with van der Waals surface area (Å²) in [7, 11) is 1.65. The Balaban J connectivity index is 1.33. The number of unbranched alkanes of at least 4 members (excludes halogenated alkanes) is 1. The first-order valence-electron chi connectivity index (χ1n) is 17.6. The molecule has 0 aliphatic heterocycles. The Bertz CT molecular complexity index is 1910. The first-order valence-corrected chi connectivity index (χ1v) is 17.6. The van der Waals surface area contributed by atoms with Crippen molar-refractivity contribution in [3.05, 3.63) is 166 Å². The van der Waals surface area contributed by atoms with Gasteiger partial charge in [0.2, 0.25) is 11.8 Å². The zero-order valence-corrected chi connectivity index (χ0v) is 29.6. The van der Waals surface area contributed by atoms with Crippen molar-refractivity contribution in [3.8, 4) is 5.75 Å². The van der Waals surface area contributed by atoms with Crippen molar-refractivity contribution in [1.29, 1.82) is 0 Å². The van der Waals surface area contributed by atoms with Gasteiger partial charge in [0.25, 0.3) is 5.69 Å². The van der Waals surface area contributed by atoms with Gasteiger partial charge in [-0.2, -0.15) is 0 Å². The Morgan fingerprint density at radius 1 is 0.792 bits per heavy atom. The molecule has 53 heavy (non-hydrogen) atoms. The van der Waals surface area contributed by atoms with Gasteiger partial charge in [-0.25, -0.2) is 0 Å². The Morgan fingerprint density at radius 2 is 1.40 bits per heavy atom. The summed E-state index contributed by atoms with van der Waals surface area (Å²) in [6.45, 7) is 0.531. The molecule has 0 bridgehead atoms. The molecule has 5 rings (SSSR count). The number of nitrogens with one attached hydrogen (secondary N) is 2. The van der Waals surface area contributed by atoms with Crippen molar-refractivity contribution in [3.63, 3.8) is 0 Å². The molecule has 5 aromatic carbocycles. The summed E-state index contributed by atoms with van der Waals surface area (Å²) in [5, 5.41) is 26.2. The Labute approximate surface area is 309 Å². The fraction of sp³-hybridized carbons (Fsp3) is 0.238. The van der Waals surface area contributed by atoms with E-state index in [0.29, 0.717) is 42.6 Å². The standard InChI is InChI=1S/C42H45N5O6/c1-53-37-25-19-33(20-26-37)40(32-10-4-2-5-11-32)46(35-12-6-3-7-13-35)27-9-8-14-39(42(50)44-34-21-15-31(29-48)16-22-34)45-41(49)38(43)28-30-17-23-36(24-18-30)47(51)52/h2-7,10-13,15-26,38-40,48H,8-9,14,27-29,43H2,1H3,(H,44,50)(H,45,49). The number of carbonyl (C=O) groups excluding carboxylic acids is 2. The Kier molecular flexibility index (Phi) is 13.7. The highest BCUT2D eigenvalue weighted by Gasteiger charge is 2.26. The van der Waals surface area contributed by atoms with E-state index >= 15 is 0 Å². The molecule has 0 aliphatic carbocycles. The Morgan fingerprint density at radius 3 is 2.00 bits per heavy atom. The summed E-state index contributed by atoms with van der Waals surface area (Å²) < 4.78 is 5.44. The minimum absolute atomic E-state index is 0.0551. The maximum absolute atomic E-state index is 13.7. The second kappa shape index (κ2) is 19.0. The fourth-order valence-electron chi connectivity index (χ4n) is 6.20. The molecule has 0 saturated heterocycles. The van der Waals surface area contributed by atoms with Crippen LogP contribution >= 0.6 is 0 Å². The monoisotopic (exact) mass is 715 g/mol. The van der Waals surface area contributed by atoms with Crippen molar-refractivity contribution in [2.75, 3.05) is 23.9 Å². The summed E-state index contributed by atoms with van der Waals surface area (Å²) in [6.07, 6.45) is 1.79. The van der Waals surface area contributed by atoms with Crippen LogP contribution in [0.5, 0.6) is 5.75 Å². The highest BCUT2D eigenvalue weighted by molar-refractivity contribution is 5.97. The number of nitro groups is 1. The number of aliphatic hydroxyl groups excluding tert-OH is 1. The van der Waals surface area contributed by atoms with E-state index in [-0.39, 0.29) is 24.8 Å². The number of benzene rings is 5. The maximum atomic E-state index is 13.7. The first kappa shape index (κ1) is 38.2. The van der Waals surface area contributed by atoms with Gasteiger partial charge in [0.15, 0.2) is 0 Å². The van der Waals surface area contributed by atoms with Gasteiger partial charge >= 0.3 is 0 Å². The number of amides is 2. The van der Waals surface area contributed by atoms with E-state index in [1.54, 1.807) is 43.5 Å². The molecule has 3 unspecified atom stereocenters. The van der Waals surface area contributed by atoms with Crippen LogP contribution in [0.15, 0.2) is 133 Å². The SMILES string of the molecule is COc1ccc(C(c2ccccc2)N(CCCCC(NC(=O)C(N)Cc2ccc([N+](=O)[O-])cc2)C(=O)Nc2ccc(CO)cc2)c2ccccc2)cc1. The molecule has 0 fully saturated rings. The normalized spacial score (nSPS) is 12.6. The topological polar surface area (TPSA) is 160 Å². The number of nitrogens with two attached hydrogens (primary N) is 1. The Hall–Kier alpha value is -6.04. The van der Waals surface area contributed by atoms with E-state index in [2.05, 4.69) is 51.9 Å². The first-order chi connectivity index (χ1) is 25.7.